The summed E-state index contributed by atoms with van der Waals surface area (Å²) in [5.41, 5.74) is 2.49. The molecule has 0 aliphatic carbocycles. The van der Waals surface area contributed by atoms with E-state index < -0.39 is 0 Å². The maximum atomic E-state index is 5.43. The van der Waals surface area contributed by atoms with Crippen molar-refractivity contribution in [3.63, 3.8) is 0 Å². The van der Waals surface area contributed by atoms with E-state index in [-0.39, 0.29) is 10.8 Å². The van der Waals surface area contributed by atoms with E-state index in [9.17, 15) is 0 Å². The highest BCUT2D eigenvalue weighted by molar-refractivity contribution is 7.80. The number of hydrogen-bond acceptors (Lipinski definition) is 3. The van der Waals surface area contributed by atoms with Crippen LogP contribution in [0.1, 0.15) is 37.3 Å². The second kappa shape index (κ2) is 5.32. The van der Waals surface area contributed by atoms with Gasteiger partial charge in [-0.3, -0.25) is 4.90 Å². The number of rotatable bonds is 3. The minimum atomic E-state index is 0.0706. The molecule has 0 amide bonds. The molecular formula is C14H23NOS. The van der Waals surface area contributed by atoms with Crippen molar-refractivity contribution >= 4 is 12.6 Å². The Balaban J connectivity index is 3.23. The maximum absolute atomic E-state index is 5.43. The normalized spacial score (nSPS) is 13.9. The Hall–Kier alpha value is -0.670. The topological polar surface area (TPSA) is 12.5 Å². The van der Waals surface area contributed by atoms with Crippen LogP contribution in [0.5, 0.6) is 5.75 Å². The third-order valence-electron chi connectivity index (χ3n) is 2.82. The number of methoxy groups -OCH3 is 1. The summed E-state index contributed by atoms with van der Waals surface area (Å²) in [5, 5.41) is 0.113. The lowest BCUT2D eigenvalue weighted by Gasteiger charge is -2.25. The molecular weight excluding hydrogens is 230 g/mol. The fourth-order valence-electron chi connectivity index (χ4n) is 1.77. The van der Waals surface area contributed by atoms with E-state index in [2.05, 4.69) is 50.4 Å². The zero-order chi connectivity index (χ0) is 13.2. The highest BCUT2D eigenvalue weighted by atomic mass is 32.1. The smallest absolute Gasteiger partial charge is 0.122 e. The second-order valence-electron chi connectivity index (χ2n) is 5.55. The predicted molar refractivity (Wildman–Crippen MR) is 77.1 cm³/mol. The van der Waals surface area contributed by atoms with E-state index in [1.54, 1.807) is 7.11 Å². The average molecular weight is 253 g/mol. The summed E-state index contributed by atoms with van der Waals surface area (Å²) >= 11 is 4.61. The molecule has 17 heavy (non-hydrogen) atoms. The van der Waals surface area contributed by atoms with Gasteiger partial charge in [0, 0.05) is 0 Å². The first-order valence-electron chi connectivity index (χ1n) is 5.80. The quantitative estimate of drug-likeness (QED) is 0.654. The molecule has 1 aromatic carbocycles. The summed E-state index contributed by atoms with van der Waals surface area (Å²) in [4.78, 5) is 2.08. The van der Waals surface area contributed by atoms with Gasteiger partial charge < -0.3 is 4.74 Å². The van der Waals surface area contributed by atoms with Gasteiger partial charge in [-0.15, -0.1) is 0 Å². The van der Waals surface area contributed by atoms with Crippen LogP contribution in [-0.4, -0.2) is 26.1 Å². The molecule has 3 heteroatoms. The summed E-state index contributed by atoms with van der Waals surface area (Å²) in [6.07, 6.45) is 0. The molecule has 1 unspecified atom stereocenters. The van der Waals surface area contributed by atoms with Gasteiger partial charge in [0.05, 0.1) is 12.5 Å². The Morgan fingerprint density at radius 3 is 2.24 bits per heavy atom. The van der Waals surface area contributed by atoms with Gasteiger partial charge in [-0.1, -0.05) is 26.8 Å². The van der Waals surface area contributed by atoms with Crippen LogP contribution in [0.15, 0.2) is 18.2 Å². The zero-order valence-electron chi connectivity index (χ0n) is 11.6. The lowest BCUT2D eigenvalue weighted by atomic mass is 9.85. The molecule has 0 heterocycles. The van der Waals surface area contributed by atoms with Gasteiger partial charge in [-0.25, -0.2) is 0 Å². The van der Waals surface area contributed by atoms with Crippen LogP contribution in [0.25, 0.3) is 0 Å². The highest BCUT2D eigenvalue weighted by Gasteiger charge is 2.21. The Morgan fingerprint density at radius 2 is 1.82 bits per heavy atom. The molecule has 1 aromatic rings. The van der Waals surface area contributed by atoms with Gasteiger partial charge in [0.15, 0.2) is 0 Å². The Morgan fingerprint density at radius 1 is 1.24 bits per heavy atom. The largest absolute Gasteiger partial charge is 0.496 e. The van der Waals surface area contributed by atoms with Crippen LogP contribution in [0, 0.1) is 0 Å². The summed E-state index contributed by atoms with van der Waals surface area (Å²) < 4.78 is 5.43. The third kappa shape index (κ3) is 3.39. The van der Waals surface area contributed by atoms with E-state index in [1.165, 1.54) is 11.1 Å². The number of ether oxygens (including phenoxy) is 1. The average Bonchev–Trinajstić information content (AvgIpc) is 2.25. The maximum Gasteiger partial charge on any atom is 0.122 e. The van der Waals surface area contributed by atoms with Crippen LogP contribution >= 0.6 is 12.6 Å². The molecule has 1 atom stereocenters. The summed E-state index contributed by atoms with van der Waals surface area (Å²) in [6, 6.07) is 6.30. The van der Waals surface area contributed by atoms with Gasteiger partial charge in [-0.05, 0) is 42.8 Å². The van der Waals surface area contributed by atoms with Gasteiger partial charge in [-0.2, -0.15) is 12.6 Å². The number of thiol groups is 1. The van der Waals surface area contributed by atoms with E-state index in [4.69, 9.17) is 4.74 Å². The van der Waals surface area contributed by atoms with E-state index in [1.807, 2.05) is 20.2 Å². The standard InChI is InChI=1S/C14H23NOS/c1-14(2,3)11-9-10(13(17)15(4)5)7-8-12(11)16-6/h7-9,13,17H,1-6H3. The number of nitrogens with zero attached hydrogens (tertiary/aromatic N) is 1. The van der Waals surface area contributed by atoms with Gasteiger partial charge in [0.2, 0.25) is 0 Å². The first-order valence-corrected chi connectivity index (χ1v) is 6.32. The third-order valence-corrected chi connectivity index (χ3v) is 3.58. The lowest BCUT2D eigenvalue weighted by molar-refractivity contribution is 0.386. The molecule has 0 N–H and O–H groups in total. The van der Waals surface area contributed by atoms with Crippen molar-refractivity contribution in [3.8, 4) is 5.75 Å². The number of hydrogen-bond donors (Lipinski definition) is 1. The van der Waals surface area contributed by atoms with Crippen molar-refractivity contribution in [3.05, 3.63) is 29.3 Å². The van der Waals surface area contributed by atoms with Crippen LogP contribution in [0.2, 0.25) is 0 Å². The molecule has 0 fully saturated rings. The minimum absolute atomic E-state index is 0.0706. The van der Waals surface area contributed by atoms with Crippen molar-refractivity contribution in [2.45, 2.75) is 31.6 Å². The van der Waals surface area contributed by atoms with Gasteiger partial charge in [0.1, 0.15) is 5.75 Å². The monoisotopic (exact) mass is 253 g/mol. The molecule has 96 valence electrons. The molecule has 0 aromatic heterocycles. The van der Waals surface area contributed by atoms with Crippen LogP contribution in [-0.2, 0) is 5.41 Å². The molecule has 0 bridgehead atoms. The van der Waals surface area contributed by atoms with Crippen molar-refractivity contribution in [1.29, 1.82) is 0 Å². The molecule has 1 rings (SSSR count). The van der Waals surface area contributed by atoms with Crippen molar-refractivity contribution in [1.82, 2.24) is 4.90 Å². The Bertz CT molecular complexity index is 382. The fraction of sp³-hybridized carbons (Fsp3) is 0.571. The molecule has 0 aliphatic rings. The minimum Gasteiger partial charge on any atom is -0.496 e. The highest BCUT2D eigenvalue weighted by Crippen LogP contribution is 2.34. The lowest BCUT2D eigenvalue weighted by Crippen LogP contribution is -2.17. The van der Waals surface area contributed by atoms with E-state index >= 15 is 0 Å². The molecule has 0 spiro atoms. The molecule has 0 saturated heterocycles. The summed E-state index contributed by atoms with van der Waals surface area (Å²) in [5.74, 6) is 0.945. The van der Waals surface area contributed by atoms with Crippen molar-refractivity contribution in [2.75, 3.05) is 21.2 Å². The number of benzene rings is 1. The van der Waals surface area contributed by atoms with Crippen LogP contribution in [0.3, 0.4) is 0 Å². The van der Waals surface area contributed by atoms with Gasteiger partial charge >= 0.3 is 0 Å². The molecule has 0 aliphatic heterocycles. The SMILES string of the molecule is COc1ccc(C(S)N(C)C)cc1C(C)(C)C. The summed E-state index contributed by atoms with van der Waals surface area (Å²) in [7, 11) is 5.77. The fourth-order valence-corrected chi connectivity index (χ4v) is 1.93. The van der Waals surface area contributed by atoms with Gasteiger partial charge in [0.25, 0.3) is 0 Å². The Kier molecular flexibility index (Phi) is 4.50. The first-order chi connectivity index (χ1) is 7.77. The zero-order valence-corrected chi connectivity index (χ0v) is 12.5. The summed E-state index contributed by atoms with van der Waals surface area (Å²) in [6.45, 7) is 6.58. The van der Waals surface area contributed by atoms with E-state index in [0.717, 1.165) is 5.75 Å². The first kappa shape index (κ1) is 14.4. The molecule has 2 nitrogen and oxygen atoms in total. The second-order valence-corrected chi connectivity index (χ2v) is 6.04. The van der Waals surface area contributed by atoms with Crippen molar-refractivity contribution in [2.24, 2.45) is 0 Å². The van der Waals surface area contributed by atoms with Crippen LogP contribution in [0.4, 0.5) is 0 Å². The van der Waals surface area contributed by atoms with E-state index in [0.29, 0.717) is 0 Å². The van der Waals surface area contributed by atoms with Crippen molar-refractivity contribution < 1.29 is 4.74 Å². The Labute approximate surface area is 110 Å². The predicted octanol–water partition coefficient (Wildman–Crippen LogP) is 3.48. The van der Waals surface area contributed by atoms with Crippen LogP contribution < -0.4 is 4.74 Å². The molecule has 0 radical (unpaired) electrons. The molecule has 0 saturated carbocycles.